The van der Waals surface area contributed by atoms with Gasteiger partial charge in [-0.3, -0.25) is 0 Å². The van der Waals surface area contributed by atoms with Crippen molar-refractivity contribution in [2.75, 3.05) is 32.9 Å². The van der Waals surface area contributed by atoms with E-state index in [0.29, 0.717) is 0 Å². The van der Waals surface area contributed by atoms with E-state index in [2.05, 4.69) is 35.3 Å². The number of likely N-dealkylation sites (tertiary alicyclic amines) is 1. The Balaban J connectivity index is 1.59. The van der Waals surface area contributed by atoms with Crippen LogP contribution in [0.5, 0.6) is 0 Å². The lowest BCUT2D eigenvalue weighted by Gasteiger charge is -2.32. The first-order valence-electron chi connectivity index (χ1n) is 7.22. The number of piperidine rings is 1. The largest absolute Gasteiger partial charge is 0.314 e. The zero-order valence-corrected chi connectivity index (χ0v) is 12.3. The van der Waals surface area contributed by atoms with Crippen LogP contribution in [0.25, 0.3) is 0 Å². The summed E-state index contributed by atoms with van der Waals surface area (Å²) in [4.78, 5) is 2.46. The second kappa shape index (κ2) is 7.01. The molecule has 2 fully saturated rings. The molecule has 2 nitrogen and oxygen atoms in total. The summed E-state index contributed by atoms with van der Waals surface area (Å²) in [5, 5.41) is 4.76. The molecule has 0 aromatic heterocycles. The Morgan fingerprint density at radius 3 is 2.29 bits per heavy atom. The summed E-state index contributed by atoms with van der Waals surface area (Å²) in [5.74, 6) is 0.935. The Morgan fingerprint density at radius 2 is 1.71 bits per heavy atom. The van der Waals surface area contributed by atoms with Crippen molar-refractivity contribution in [3.8, 4) is 0 Å². The maximum atomic E-state index is 3.82. The molecule has 0 amide bonds. The van der Waals surface area contributed by atoms with E-state index in [1.165, 1.54) is 58.2 Å². The molecule has 1 saturated heterocycles. The number of nitrogens with one attached hydrogen (secondary N) is 1. The Bertz CT molecular complexity index is 206. The molecule has 1 saturated carbocycles. The van der Waals surface area contributed by atoms with Gasteiger partial charge in [-0.15, -0.1) is 0 Å². The molecule has 0 aromatic rings. The molecular formula is C14H28N2S. The lowest BCUT2D eigenvalue weighted by molar-refractivity contribution is 0.209. The van der Waals surface area contributed by atoms with Gasteiger partial charge in [0.2, 0.25) is 0 Å². The molecule has 1 aliphatic carbocycles. The van der Waals surface area contributed by atoms with Gasteiger partial charge in [-0.05, 0) is 77.4 Å². The van der Waals surface area contributed by atoms with Gasteiger partial charge in [0.1, 0.15) is 0 Å². The van der Waals surface area contributed by atoms with E-state index in [9.17, 15) is 0 Å². The molecular weight excluding hydrogens is 228 g/mol. The second-order valence-corrected chi connectivity index (χ2v) is 7.00. The van der Waals surface area contributed by atoms with Crippen molar-refractivity contribution in [3.05, 3.63) is 0 Å². The molecule has 1 N–H and O–H groups in total. The molecule has 1 heterocycles. The Morgan fingerprint density at radius 1 is 1.06 bits per heavy atom. The van der Waals surface area contributed by atoms with Crippen LogP contribution in [-0.4, -0.2) is 49.1 Å². The van der Waals surface area contributed by atoms with Gasteiger partial charge in [0, 0.05) is 11.3 Å². The standard InChI is InChI=1S/C14H28N2S/c1-16-9-7-12(8-10-16)11-15-13-3-5-14(17-2)6-4-13/h12-15H,3-11H2,1-2H3. The average molecular weight is 256 g/mol. The van der Waals surface area contributed by atoms with Crippen LogP contribution in [-0.2, 0) is 0 Å². The van der Waals surface area contributed by atoms with Crippen LogP contribution >= 0.6 is 11.8 Å². The van der Waals surface area contributed by atoms with Crippen molar-refractivity contribution < 1.29 is 0 Å². The van der Waals surface area contributed by atoms with Crippen molar-refractivity contribution in [1.82, 2.24) is 10.2 Å². The smallest absolute Gasteiger partial charge is 0.00679 e. The van der Waals surface area contributed by atoms with Gasteiger partial charge in [-0.1, -0.05) is 0 Å². The highest BCUT2D eigenvalue weighted by Crippen LogP contribution is 2.27. The monoisotopic (exact) mass is 256 g/mol. The third kappa shape index (κ3) is 4.46. The molecule has 2 aliphatic rings. The fourth-order valence-corrected chi connectivity index (χ4v) is 3.85. The maximum Gasteiger partial charge on any atom is 0.00679 e. The van der Waals surface area contributed by atoms with E-state index in [0.717, 1.165) is 17.2 Å². The molecule has 2 rings (SSSR count). The summed E-state index contributed by atoms with van der Waals surface area (Å²) in [7, 11) is 2.24. The number of nitrogens with zero attached hydrogens (tertiary/aromatic N) is 1. The van der Waals surface area contributed by atoms with Crippen molar-refractivity contribution in [1.29, 1.82) is 0 Å². The van der Waals surface area contributed by atoms with Crippen LogP contribution in [0, 0.1) is 5.92 Å². The van der Waals surface area contributed by atoms with Gasteiger partial charge in [0.25, 0.3) is 0 Å². The molecule has 0 spiro atoms. The van der Waals surface area contributed by atoms with Crippen LogP contribution in [0.1, 0.15) is 38.5 Å². The average Bonchev–Trinajstić information content (AvgIpc) is 2.39. The predicted octanol–water partition coefficient (Wildman–Crippen LogP) is 2.59. The van der Waals surface area contributed by atoms with Crippen molar-refractivity contribution in [2.24, 2.45) is 5.92 Å². The highest BCUT2D eigenvalue weighted by molar-refractivity contribution is 7.99. The summed E-state index contributed by atoms with van der Waals surface area (Å²) < 4.78 is 0. The van der Waals surface area contributed by atoms with Crippen molar-refractivity contribution >= 4 is 11.8 Å². The molecule has 17 heavy (non-hydrogen) atoms. The lowest BCUT2D eigenvalue weighted by Crippen LogP contribution is -2.40. The summed E-state index contributed by atoms with van der Waals surface area (Å²) in [6, 6.07) is 0.818. The van der Waals surface area contributed by atoms with Crippen molar-refractivity contribution in [3.63, 3.8) is 0 Å². The quantitative estimate of drug-likeness (QED) is 0.832. The Kier molecular flexibility index (Phi) is 5.64. The fourth-order valence-electron chi connectivity index (χ4n) is 3.10. The zero-order valence-electron chi connectivity index (χ0n) is 11.5. The molecule has 0 unspecified atom stereocenters. The normalized spacial score (nSPS) is 32.8. The minimum atomic E-state index is 0.818. The van der Waals surface area contributed by atoms with E-state index in [1.807, 2.05) is 0 Å². The van der Waals surface area contributed by atoms with Crippen molar-refractivity contribution in [2.45, 2.75) is 49.8 Å². The zero-order chi connectivity index (χ0) is 12.1. The van der Waals surface area contributed by atoms with Gasteiger partial charge in [0.15, 0.2) is 0 Å². The van der Waals surface area contributed by atoms with E-state index >= 15 is 0 Å². The maximum absolute atomic E-state index is 3.82. The van der Waals surface area contributed by atoms with E-state index in [-0.39, 0.29) is 0 Å². The first-order chi connectivity index (χ1) is 8.28. The third-order valence-corrected chi connectivity index (χ3v) is 5.68. The second-order valence-electron chi connectivity index (χ2n) is 5.86. The molecule has 0 atom stereocenters. The Hall–Kier alpha value is 0.270. The molecule has 0 bridgehead atoms. The highest BCUT2D eigenvalue weighted by atomic mass is 32.2. The van der Waals surface area contributed by atoms with Gasteiger partial charge < -0.3 is 10.2 Å². The minimum absolute atomic E-state index is 0.818. The molecule has 0 aromatic carbocycles. The van der Waals surface area contributed by atoms with Crippen LogP contribution in [0.3, 0.4) is 0 Å². The summed E-state index contributed by atoms with van der Waals surface area (Å²) in [6.45, 7) is 3.86. The van der Waals surface area contributed by atoms with Crippen LogP contribution < -0.4 is 5.32 Å². The summed E-state index contributed by atoms with van der Waals surface area (Å²) >= 11 is 2.06. The van der Waals surface area contributed by atoms with Crippen LogP contribution in [0.4, 0.5) is 0 Å². The van der Waals surface area contributed by atoms with Crippen LogP contribution in [0.15, 0.2) is 0 Å². The number of thioether (sulfide) groups is 1. The number of rotatable bonds is 4. The number of hydrogen-bond acceptors (Lipinski definition) is 3. The Labute approximate surface area is 111 Å². The SMILES string of the molecule is CSC1CCC(NCC2CCN(C)CC2)CC1. The molecule has 1 aliphatic heterocycles. The van der Waals surface area contributed by atoms with E-state index in [1.54, 1.807) is 0 Å². The number of hydrogen-bond donors (Lipinski definition) is 1. The van der Waals surface area contributed by atoms with Gasteiger partial charge in [-0.2, -0.15) is 11.8 Å². The minimum Gasteiger partial charge on any atom is -0.314 e. The fraction of sp³-hybridized carbons (Fsp3) is 1.00. The first kappa shape index (κ1) is 13.7. The third-order valence-electron chi connectivity index (χ3n) is 4.54. The highest BCUT2D eigenvalue weighted by Gasteiger charge is 2.22. The van der Waals surface area contributed by atoms with E-state index < -0.39 is 0 Å². The van der Waals surface area contributed by atoms with E-state index in [4.69, 9.17) is 0 Å². The summed E-state index contributed by atoms with van der Waals surface area (Å²) in [5.41, 5.74) is 0. The summed E-state index contributed by atoms with van der Waals surface area (Å²) in [6.07, 6.45) is 10.7. The van der Waals surface area contributed by atoms with Gasteiger partial charge in [-0.25, -0.2) is 0 Å². The van der Waals surface area contributed by atoms with Gasteiger partial charge in [0.05, 0.1) is 0 Å². The van der Waals surface area contributed by atoms with Crippen LogP contribution in [0.2, 0.25) is 0 Å². The first-order valence-corrected chi connectivity index (χ1v) is 8.51. The molecule has 3 heteroatoms. The predicted molar refractivity (Wildman–Crippen MR) is 77.8 cm³/mol. The topological polar surface area (TPSA) is 15.3 Å². The molecule has 0 radical (unpaired) electrons. The lowest BCUT2D eigenvalue weighted by atomic mass is 9.93. The molecule has 100 valence electrons. The van der Waals surface area contributed by atoms with Gasteiger partial charge >= 0.3 is 0 Å².